The van der Waals surface area contributed by atoms with Crippen LogP contribution in [0.25, 0.3) is 0 Å². The Morgan fingerprint density at radius 2 is 2.18 bits per heavy atom. The van der Waals surface area contributed by atoms with Crippen LogP contribution in [0.2, 0.25) is 0 Å². The molecule has 1 aliphatic carbocycles. The van der Waals surface area contributed by atoms with Crippen LogP contribution in [0.4, 0.5) is 0 Å². The Labute approximate surface area is 98.7 Å². The van der Waals surface area contributed by atoms with E-state index in [1.807, 2.05) is 0 Å². The Kier molecular flexibility index (Phi) is 3.21. The van der Waals surface area contributed by atoms with Crippen LogP contribution in [0.1, 0.15) is 29.2 Å². The zero-order valence-electron chi connectivity index (χ0n) is 9.05. The molecule has 0 unspecified atom stereocenters. The first-order chi connectivity index (χ1) is 7.96. The predicted octanol–water partition coefficient (Wildman–Crippen LogP) is 0.807. The van der Waals surface area contributed by atoms with E-state index in [-0.39, 0.29) is 24.0 Å². The molecule has 1 aromatic rings. The number of rotatable bonds is 6. The third kappa shape index (κ3) is 3.57. The molecule has 0 saturated heterocycles. The molecule has 17 heavy (non-hydrogen) atoms. The molecule has 0 spiro atoms. The molecule has 2 rings (SSSR count). The van der Waals surface area contributed by atoms with Gasteiger partial charge in [0.15, 0.2) is 0 Å². The van der Waals surface area contributed by atoms with Crippen LogP contribution < -0.4 is 4.72 Å². The zero-order valence-corrected chi connectivity index (χ0v) is 9.87. The maximum absolute atomic E-state index is 11.5. The Balaban J connectivity index is 1.89. The summed E-state index contributed by atoms with van der Waals surface area (Å²) in [6.07, 6.45) is 1.93. The summed E-state index contributed by atoms with van der Waals surface area (Å²) < 4.78 is 30.4. The van der Waals surface area contributed by atoms with Crippen molar-refractivity contribution in [1.29, 1.82) is 0 Å². The minimum absolute atomic E-state index is 0.0116. The lowest BCUT2D eigenvalue weighted by atomic mass is 10.4. The number of nitrogens with one attached hydrogen (secondary N) is 1. The third-order valence-corrected chi connectivity index (χ3v) is 3.99. The number of sulfonamides is 1. The molecule has 0 aromatic carbocycles. The third-order valence-electron chi connectivity index (χ3n) is 2.49. The van der Waals surface area contributed by atoms with Gasteiger partial charge < -0.3 is 9.52 Å². The second kappa shape index (κ2) is 4.50. The summed E-state index contributed by atoms with van der Waals surface area (Å²) in [5, 5.41) is 8.62. The number of furan rings is 1. The van der Waals surface area contributed by atoms with Gasteiger partial charge in [-0.25, -0.2) is 17.9 Å². The van der Waals surface area contributed by atoms with Crippen molar-refractivity contribution in [2.24, 2.45) is 5.92 Å². The zero-order chi connectivity index (χ0) is 12.5. The molecule has 7 heteroatoms. The lowest BCUT2D eigenvalue weighted by Crippen LogP contribution is -2.26. The van der Waals surface area contributed by atoms with E-state index in [4.69, 9.17) is 9.52 Å². The molecular weight excluding hydrogens is 246 g/mol. The number of hydrogen-bond donors (Lipinski definition) is 2. The van der Waals surface area contributed by atoms with Crippen molar-refractivity contribution in [3.05, 3.63) is 23.7 Å². The fourth-order valence-electron chi connectivity index (χ4n) is 1.42. The van der Waals surface area contributed by atoms with Crippen molar-refractivity contribution in [3.8, 4) is 0 Å². The summed E-state index contributed by atoms with van der Waals surface area (Å²) in [6.45, 7) is -0.0116. The molecule has 1 fully saturated rings. The van der Waals surface area contributed by atoms with E-state index in [9.17, 15) is 13.2 Å². The first-order valence-corrected chi connectivity index (χ1v) is 6.91. The van der Waals surface area contributed by atoms with Gasteiger partial charge in [-0.3, -0.25) is 0 Å². The van der Waals surface area contributed by atoms with Crippen LogP contribution in [0.15, 0.2) is 16.5 Å². The number of carbonyl (C=O) groups is 1. The van der Waals surface area contributed by atoms with Crippen LogP contribution in [0.3, 0.4) is 0 Å². The topological polar surface area (TPSA) is 96.6 Å². The van der Waals surface area contributed by atoms with Gasteiger partial charge in [-0.15, -0.1) is 0 Å². The number of hydrogen-bond acceptors (Lipinski definition) is 4. The second-order valence-electron chi connectivity index (χ2n) is 4.12. The Morgan fingerprint density at radius 3 is 2.71 bits per heavy atom. The quantitative estimate of drug-likeness (QED) is 0.788. The van der Waals surface area contributed by atoms with Crippen LogP contribution in [-0.4, -0.2) is 25.2 Å². The van der Waals surface area contributed by atoms with Crippen molar-refractivity contribution in [2.75, 3.05) is 5.75 Å². The van der Waals surface area contributed by atoms with Crippen molar-refractivity contribution < 1.29 is 22.7 Å². The summed E-state index contributed by atoms with van der Waals surface area (Å²) in [4.78, 5) is 10.5. The molecule has 1 saturated carbocycles. The molecule has 0 atom stereocenters. The molecule has 0 aliphatic heterocycles. The van der Waals surface area contributed by atoms with Crippen molar-refractivity contribution in [1.82, 2.24) is 4.72 Å². The van der Waals surface area contributed by atoms with Crippen molar-refractivity contribution in [3.63, 3.8) is 0 Å². The minimum Gasteiger partial charge on any atom is -0.475 e. The van der Waals surface area contributed by atoms with Crippen LogP contribution in [-0.2, 0) is 16.6 Å². The highest BCUT2D eigenvalue weighted by atomic mass is 32.2. The van der Waals surface area contributed by atoms with Gasteiger partial charge in [-0.2, -0.15) is 0 Å². The summed E-state index contributed by atoms with van der Waals surface area (Å²) in [6, 6.07) is 2.75. The van der Waals surface area contributed by atoms with Gasteiger partial charge >= 0.3 is 5.97 Å². The monoisotopic (exact) mass is 259 g/mol. The number of aromatic carboxylic acids is 1. The van der Waals surface area contributed by atoms with Gasteiger partial charge in [-0.1, -0.05) is 0 Å². The highest BCUT2D eigenvalue weighted by molar-refractivity contribution is 7.89. The first-order valence-electron chi connectivity index (χ1n) is 5.25. The van der Waals surface area contributed by atoms with Gasteiger partial charge in [0.05, 0.1) is 12.3 Å². The SMILES string of the molecule is O=C(O)c1ccc(CNS(=O)(=O)CC2CC2)o1. The molecular formula is C10H13NO5S. The second-order valence-corrected chi connectivity index (χ2v) is 5.97. The molecule has 6 nitrogen and oxygen atoms in total. The van der Waals surface area contributed by atoms with E-state index < -0.39 is 16.0 Å². The lowest BCUT2D eigenvalue weighted by Gasteiger charge is -2.03. The standard InChI is InChI=1S/C10H13NO5S/c12-10(13)9-4-3-8(16-9)5-11-17(14,15)6-7-1-2-7/h3-4,7,11H,1-2,5-6H2,(H,12,13). The minimum atomic E-state index is -3.28. The van der Waals surface area contributed by atoms with Crippen LogP contribution in [0.5, 0.6) is 0 Å². The average molecular weight is 259 g/mol. The Hall–Kier alpha value is -1.34. The van der Waals surface area contributed by atoms with Gasteiger partial charge in [0.25, 0.3) is 0 Å². The van der Waals surface area contributed by atoms with Gasteiger partial charge in [0.2, 0.25) is 15.8 Å². The van der Waals surface area contributed by atoms with Crippen molar-refractivity contribution in [2.45, 2.75) is 19.4 Å². The van der Waals surface area contributed by atoms with E-state index in [0.717, 1.165) is 12.8 Å². The average Bonchev–Trinajstić information content (AvgIpc) is 2.90. The summed E-state index contributed by atoms with van der Waals surface area (Å²) >= 11 is 0. The molecule has 94 valence electrons. The summed E-state index contributed by atoms with van der Waals surface area (Å²) in [5.74, 6) is -0.654. The van der Waals surface area contributed by atoms with E-state index in [1.54, 1.807) is 0 Å². The highest BCUT2D eigenvalue weighted by Gasteiger charge is 2.27. The molecule has 1 heterocycles. The first kappa shape index (κ1) is 12.1. The van der Waals surface area contributed by atoms with Gasteiger partial charge in [0.1, 0.15) is 5.76 Å². The maximum Gasteiger partial charge on any atom is 0.371 e. The van der Waals surface area contributed by atoms with E-state index in [0.29, 0.717) is 5.76 Å². The normalized spacial score (nSPS) is 16.0. The summed E-state index contributed by atoms with van der Waals surface area (Å²) in [5.41, 5.74) is 0. The van der Waals surface area contributed by atoms with Gasteiger partial charge in [-0.05, 0) is 30.9 Å². The van der Waals surface area contributed by atoms with Crippen LogP contribution in [0, 0.1) is 5.92 Å². The van der Waals surface area contributed by atoms with Crippen LogP contribution >= 0.6 is 0 Å². The molecule has 0 bridgehead atoms. The van der Waals surface area contributed by atoms with Gasteiger partial charge in [0, 0.05) is 0 Å². The van der Waals surface area contributed by atoms with Crippen molar-refractivity contribution >= 4 is 16.0 Å². The van der Waals surface area contributed by atoms with E-state index in [1.165, 1.54) is 12.1 Å². The molecule has 1 aromatic heterocycles. The molecule has 2 N–H and O–H groups in total. The number of carboxylic acid groups (broad SMARTS) is 1. The largest absolute Gasteiger partial charge is 0.475 e. The van der Waals surface area contributed by atoms with E-state index in [2.05, 4.69) is 4.72 Å². The highest BCUT2D eigenvalue weighted by Crippen LogP contribution is 2.29. The smallest absolute Gasteiger partial charge is 0.371 e. The summed E-state index contributed by atoms with van der Waals surface area (Å²) in [7, 11) is -3.28. The number of carboxylic acids is 1. The maximum atomic E-state index is 11.5. The molecule has 0 radical (unpaired) electrons. The fraction of sp³-hybridized carbons (Fsp3) is 0.500. The lowest BCUT2D eigenvalue weighted by molar-refractivity contribution is 0.0660. The molecule has 0 amide bonds. The van der Waals surface area contributed by atoms with E-state index >= 15 is 0 Å². The fourth-order valence-corrected chi connectivity index (χ4v) is 2.86. The Bertz CT molecular complexity index is 515. The Morgan fingerprint density at radius 1 is 1.47 bits per heavy atom. The molecule has 1 aliphatic rings. The predicted molar refractivity (Wildman–Crippen MR) is 59.0 cm³/mol.